The van der Waals surface area contributed by atoms with Crippen molar-refractivity contribution >= 4 is 23.0 Å². The van der Waals surface area contributed by atoms with E-state index >= 15 is 0 Å². The molecular formula is C22H24FN7O. The van der Waals surface area contributed by atoms with E-state index in [9.17, 15) is 9.18 Å². The van der Waals surface area contributed by atoms with E-state index in [0.717, 1.165) is 25.1 Å². The molecule has 5 N–H and O–H groups in total. The normalized spacial score (nSPS) is 18.6. The zero-order valence-corrected chi connectivity index (χ0v) is 17.2. The van der Waals surface area contributed by atoms with Crippen LogP contribution in [0.25, 0.3) is 11.4 Å². The predicted molar refractivity (Wildman–Crippen MR) is 118 cm³/mol. The molecule has 31 heavy (non-hydrogen) atoms. The Balaban J connectivity index is 1.63. The predicted octanol–water partition coefficient (Wildman–Crippen LogP) is 2.83. The Morgan fingerprint density at radius 1 is 1.26 bits per heavy atom. The van der Waals surface area contributed by atoms with Crippen LogP contribution >= 0.6 is 0 Å². The van der Waals surface area contributed by atoms with Gasteiger partial charge in [0, 0.05) is 24.8 Å². The molecule has 0 bridgehead atoms. The zero-order chi connectivity index (χ0) is 22.0. The van der Waals surface area contributed by atoms with Crippen molar-refractivity contribution in [1.82, 2.24) is 15.0 Å². The molecule has 2 aromatic heterocycles. The number of carbonyl (C=O) groups excluding carboxylic acids is 1. The van der Waals surface area contributed by atoms with Gasteiger partial charge in [-0.05, 0) is 38.0 Å². The standard InChI is InChI=1S/C22H24FN7O/c1-22(25)8-4-10-30(13-22)18-7-9-26-12-17(18)28-21(31)19-16(24)11-27-20(29-19)14-5-2-3-6-15(14)23/h2-3,5-7,9,11-12H,4,8,10,13,24-25H2,1H3,(H,28,31). The summed E-state index contributed by atoms with van der Waals surface area (Å²) in [5.74, 6) is -0.929. The van der Waals surface area contributed by atoms with Gasteiger partial charge in [0.15, 0.2) is 11.5 Å². The first-order valence-corrected chi connectivity index (χ1v) is 10.0. The molecule has 1 aromatic carbocycles. The zero-order valence-electron chi connectivity index (χ0n) is 17.2. The monoisotopic (exact) mass is 421 g/mol. The topological polar surface area (TPSA) is 123 Å². The maximum atomic E-state index is 14.1. The van der Waals surface area contributed by atoms with Crippen molar-refractivity contribution < 1.29 is 9.18 Å². The van der Waals surface area contributed by atoms with Crippen molar-refractivity contribution in [3.63, 3.8) is 0 Å². The summed E-state index contributed by atoms with van der Waals surface area (Å²) < 4.78 is 14.1. The van der Waals surface area contributed by atoms with Crippen LogP contribution in [0.15, 0.2) is 48.9 Å². The number of halogens is 1. The Morgan fingerprint density at radius 2 is 2.06 bits per heavy atom. The van der Waals surface area contributed by atoms with E-state index in [-0.39, 0.29) is 28.3 Å². The van der Waals surface area contributed by atoms with Crippen molar-refractivity contribution in [2.75, 3.05) is 29.0 Å². The van der Waals surface area contributed by atoms with E-state index in [1.165, 1.54) is 12.3 Å². The molecule has 4 rings (SSSR count). The summed E-state index contributed by atoms with van der Waals surface area (Å²) in [5.41, 5.74) is 13.6. The van der Waals surface area contributed by atoms with E-state index in [1.807, 2.05) is 13.0 Å². The molecule has 8 nitrogen and oxygen atoms in total. The number of aromatic nitrogens is 3. The van der Waals surface area contributed by atoms with E-state index in [0.29, 0.717) is 12.2 Å². The molecule has 160 valence electrons. The number of benzene rings is 1. The van der Waals surface area contributed by atoms with Gasteiger partial charge in [0.05, 0.1) is 35.0 Å². The van der Waals surface area contributed by atoms with Crippen LogP contribution in [-0.4, -0.2) is 39.5 Å². The number of nitrogens with one attached hydrogen (secondary N) is 1. The van der Waals surface area contributed by atoms with Crippen LogP contribution in [0.1, 0.15) is 30.3 Å². The molecule has 9 heteroatoms. The maximum Gasteiger partial charge on any atom is 0.276 e. The minimum atomic E-state index is -0.528. The van der Waals surface area contributed by atoms with E-state index < -0.39 is 11.7 Å². The largest absolute Gasteiger partial charge is 0.396 e. The molecule has 0 saturated carbocycles. The van der Waals surface area contributed by atoms with Gasteiger partial charge in [0.1, 0.15) is 5.82 Å². The van der Waals surface area contributed by atoms with Crippen LogP contribution < -0.4 is 21.7 Å². The van der Waals surface area contributed by atoms with Crippen molar-refractivity contribution in [1.29, 1.82) is 0 Å². The number of piperidine rings is 1. The average Bonchev–Trinajstić information content (AvgIpc) is 2.74. The van der Waals surface area contributed by atoms with Gasteiger partial charge in [-0.2, -0.15) is 0 Å². The number of nitrogens with zero attached hydrogens (tertiary/aromatic N) is 4. The fraction of sp³-hybridized carbons (Fsp3) is 0.273. The molecule has 3 heterocycles. The number of rotatable bonds is 4. The Hall–Kier alpha value is -3.59. The Bertz CT molecular complexity index is 1120. The second-order valence-electron chi connectivity index (χ2n) is 8.00. The molecule has 1 amide bonds. The van der Waals surface area contributed by atoms with Gasteiger partial charge in [0.2, 0.25) is 0 Å². The van der Waals surface area contributed by atoms with Crippen molar-refractivity contribution in [2.45, 2.75) is 25.3 Å². The van der Waals surface area contributed by atoms with Crippen LogP contribution in [0.2, 0.25) is 0 Å². The minimum absolute atomic E-state index is 0.0367. The quantitative estimate of drug-likeness (QED) is 0.592. The smallest absolute Gasteiger partial charge is 0.276 e. The summed E-state index contributed by atoms with van der Waals surface area (Å²) in [6, 6.07) is 7.93. The molecular weight excluding hydrogens is 397 g/mol. The van der Waals surface area contributed by atoms with Gasteiger partial charge in [-0.3, -0.25) is 9.78 Å². The van der Waals surface area contributed by atoms with Gasteiger partial charge in [-0.25, -0.2) is 14.4 Å². The van der Waals surface area contributed by atoms with Crippen molar-refractivity contribution in [3.8, 4) is 11.4 Å². The molecule has 0 spiro atoms. The summed E-state index contributed by atoms with van der Waals surface area (Å²) in [6.07, 6.45) is 6.44. The number of carbonyl (C=O) groups is 1. The van der Waals surface area contributed by atoms with Crippen LogP contribution in [0.4, 0.5) is 21.5 Å². The summed E-state index contributed by atoms with van der Waals surface area (Å²) in [7, 11) is 0. The first-order chi connectivity index (χ1) is 14.8. The highest BCUT2D eigenvalue weighted by atomic mass is 19.1. The lowest BCUT2D eigenvalue weighted by atomic mass is 9.92. The molecule has 1 atom stereocenters. The van der Waals surface area contributed by atoms with Crippen molar-refractivity contribution in [3.05, 3.63) is 60.4 Å². The van der Waals surface area contributed by atoms with Crippen LogP contribution in [0, 0.1) is 5.82 Å². The third-order valence-corrected chi connectivity index (χ3v) is 5.26. The molecule has 1 aliphatic heterocycles. The number of nitrogens with two attached hydrogens (primary N) is 2. The first-order valence-electron chi connectivity index (χ1n) is 10.0. The molecule has 1 unspecified atom stereocenters. The van der Waals surface area contributed by atoms with Gasteiger partial charge in [-0.15, -0.1) is 0 Å². The molecule has 3 aromatic rings. The van der Waals surface area contributed by atoms with E-state index in [4.69, 9.17) is 11.5 Å². The summed E-state index contributed by atoms with van der Waals surface area (Å²) in [5, 5.41) is 2.84. The highest BCUT2D eigenvalue weighted by molar-refractivity contribution is 6.07. The lowest BCUT2D eigenvalue weighted by molar-refractivity contribution is 0.102. The van der Waals surface area contributed by atoms with Gasteiger partial charge in [0.25, 0.3) is 5.91 Å². The number of anilines is 3. The molecule has 0 radical (unpaired) electrons. The molecule has 0 aliphatic carbocycles. The molecule has 1 aliphatic rings. The van der Waals surface area contributed by atoms with Gasteiger partial charge in [-0.1, -0.05) is 12.1 Å². The Labute approximate surface area is 179 Å². The van der Waals surface area contributed by atoms with E-state index in [1.54, 1.807) is 30.6 Å². The van der Waals surface area contributed by atoms with E-state index in [2.05, 4.69) is 25.2 Å². The van der Waals surface area contributed by atoms with Gasteiger partial charge >= 0.3 is 0 Å². The highest BCUT2D eigenvalue weighted by Crippen LogP contribution is 2.30. The van der Waals surface area contributed by atoms with Crippen LogP contribution in [0.5, 0.6) is 0 Å². The van der Waals surface area contributed by atoms with Crippen molar-refractivity contribution in [2.24, 2.45) is 5.73 Å². The average molecular weight is 421 g/mol. The fourth-order valence-electron chi connectivity index (χ4n) is 3.76. The Morgan fingerprint density at radius 3 is 2.84 bits per heavy atom. The molecule has 1 fully saturated rings. The number of hydrogen-bond donors (Lipinski definition) is 3. The second-order valence-corrected chi connectivity index (χ2v) is 8.00. The number of pyridine rings is 1. The minimum Gasteiger partial charge on any atom is -0.396 e. The maximum absolute atomic E-state index is 14.1. The lowest BCUT2D eigenvalue weighted by Crippen LogP contribution is -2.52. The molecule has 1 saturated heterocycles. The fourth-order valence-corrected chi connectivity index (χ4v) is 3.76. The third kappa shape index (κ3) is 4.46. The second kappa shape index (κ2) is 8.27. The lowest BCUT2D eigenvalue weighted by Gasteiger charge is -2.39. The highest BCUT2D eigenvalue weighted by Gasteiger charge is 2.28. The number of hydrogen-bond acceptors (Lipinski definition) is 7. The number of amides is 1. The summed E-state index contributed by atoms with van der Waals surface area (Å²) in [4.78, 5) is 27.6. The Kier molecular flexibility index (Phi) is 5.51. The SMILES string of the molecule is CC1(N)CCCN(c2ccncc2NC(=O)c2nc(-c3ccccc3F)ncc2N)C1. The summed E-state index contributed by atoms with van der Waals surface area (Å²) in [6.45, 7) is 3.50. The summed E-state index contributed by atoms with van der Waals surface area (Å²) >= 11 is 0. The first kappa shape index (κ1) is 20.7. The van der Waals surface area contributed by atoms with Crippen LogP contribution in [0.3, 0.4) is 0 Å². The third-order valence-electron chi connectivity index (χ3n) is 5.26. The van der Waals surface area contributed by atoms with Gasteiger partial charge < -0.3 is 21.7 Å². The van der Waals surface area contributed by atoms with Crippen LogP contribution in [-0.2, 0) is 0 Å². The number of nitrogen functional groups attached to an aromatic ring is 1.